The summed E-state index contributed by atoms with van der Waals surface area (Å²) in [7, 11) is 0. The molecule has 0 spiro atoms. The van der Waals surface area contributed by atoms with Crippen molar-refractivity contribution < 1.29 is 9.90 Å². The summed E-state index contributed by atoms with van der Waals surface area (Å²) in [6, 6.07) is -0.0403. The Morgan fingerprint density at radius 1 is 1.47 bits per heavy atom. The molecule has 1 aliphatic carbocycles. The number of H-pyrrole nitrogens is 2. The van der Waals surface area contributed by atoms with Crippen LogP contribution in [-0.4, -0.2) is 38.8 Å². The van der Waals surface area contributed by atoms with Crippen LogP contribution < -0.4 is 11.0 Å². The maximum atomic E-state index is 11.7. The van der Waals surface area contributed by atoms with Gasteiger partial charge in [0.15, 0.2) is 0 Å². The number of aromatic nitrogens is 3. The molecule has 2 atom stereocenters. The summed E-state index contributed by atoms with van der Waals surface area (Å²) < 4.78 is 0. The highest BCUT2D eigenvalue weighted by molar-refractivity contribution is 5.90. The molecule has 94 valence electrons. The van der Waals surface area contributed by atoms with Gasteiger partial charge in [-0.3, -0.25) is 9.78 Å². The van der Waals surface area contributed by atoms with Crippen molar-refractivity contribution in [2.75, 3.05) is 6.61 Å². The number of aliphatic hydroxyl groups is 1. The van der Waals surface area contributed by atoms with Crippen molar-refractivity contribution >= 4 is 5.91 Å². The van der Waals surface area contributed by atoms with Crippen molar-refractivity contribution in [1.29, 1.82) is 0 Å². The Hall–Kier alpha value is -1.63. The molecular formula is C10H16N4O3. The number of nitrogens with zero attached hydrogens (tertiary/aromatic N) is 1. The van der Waals surface area contributed by atoms with Crippen molar-refractivity contribution in [3.05, 3.63) is 16.3 Å². The summed E-state index contributed by atoms with van der Waals surface area (Å²) in [6.07, 6.45) is 3.89. The zero-order valence-electron chi connectivity index (χ0n) is 9.40. The molecule has 0 aromatic carbocycles. The molecule has 1 amide bonds. The lowest BCUT2D eigenvalue weighted by Gasteiger charge is -2.30. The molecule has 0 aliphatic heterocycles. The highest BCUT2D eigenvalue weighted by atomic mass is 16.3. The monoisotopic (exact) mass is 240 g/mol. The fourth-order valence-corrected chi connectivity index (χ4v) is 2.23. The van der Waals surface area contributed by atoms with Crippen molar-refractivity contribution in [2.45, 2.75) is 31.7 Å². The van der Waals surface area contributed by atoms with Gasteiger partial charge in [-0.25, -0.2) is 9.89 Å². The van der Waals surface area contributed by atoms with Crippen LogP contribution in [0.3, 0.4) is 0 Å². The number of nitrogens with one attached hydrogen (secondary N) is 3. The largest absolute Gasteiger partial charge is 0.396 e. The first kappa shape index (κ1) is 11.8. The van der Waals surface area contributed by atoms with E-state index in [0.29, 0.717) is 0 Å². The summed E-state index contributed by atoms with van der Waals surface area (Å²) in [6.45, 7) is 0.0715. The fraction of sp³-hybridized carbons (Fsp3) is 0.700. The van der Waals surface area contributed by atoms with Crippen LogP contribution in [0.1, 0.15) is 36.3 Å². The van der Waals surface area contributed by atoms with Crippen molar-refractivity contribution in [2.24, 2.45) is 5.92 Å². The molecule has 1 aliphatic rings. The second kappa shape index (κ2) is 5.13. The highest BCUT2D eigenvalue weighted by Crippen LogP contribution is 2.23. The number of hydrogen-bond acceptors (Lipinski definition) is 4. The average molecular weight is 240 g/mol. The number of carbonyl (C=O) groups excluding carboxylic acids is 1. The van der Waals surface area contributed by atoms with E-state index in [1.54, 1.807) is 0 Å². The Morgan fingerprint density at radius 3 is 2.88 bits per heavy atom. The Labute approximate surface area is 97.6 Å². The van der Waals surface area contributed by atoms with Crippen molar-refractivity contribution in [3.63, 3.8) is 0 Å². The average Bonchev–Trinajstić information content (AvgIpc) is 2.77. The minimum absolute atomic E-state index is 0.0164. The Balaban J connectivity index is 1.99. The SMILES string of the molecule is O=C(NC1CCCCC1CO)c1n[nH]c(=O)[nH]1. The molecule has 1 aromatic heterocycles. The molecule has 4 N–H and O–H groups in total. The van der Waals surface area contributed by atoms with E-state index in [2.05, 4.69) is 20.5 Å². The maximum Gasteiger partial charge on any atom is 0.341 e. The summed E-state index contributed by atoms with van der Waals surface area (Å²) in [4.78, 5) is 24.9. The topological polar surface area (TPSA) is 111 Å². The van der Waals surface area contributed by atoms with Crippen LogP contribution in [0.4, 0.5) is 0 Å². The minimum atomic E-state index is -0.502. The van der Waals surface area contributed by atoms with Gasteiger partial charge in [0.25, 0.3) is 5.91 Å². The fourth-order valence-electron chi connectivity index (χ4n) is 2.23. The van der Waals surface area contributed by atoms with E-state index in [1.807, 2.05) is 0 Å². The van der Waals surface area contributed by atoms with Gasteiger partial charge in [0.2, 0.25) is 5.82 Å². The van der Waals surface area contributed by atoms with E-state index in [1.165, 1.54) is 0 Å². The van der Waals surface area contributed by atoms with Crippen molar-refractivity contribution in [3.8, 4) is 0 Å². The molecule has 7 heteroatoms. The smallest absolute Gasteiger partial charge is 0.341 e. The van der Waals surface area contributed by atoms with Crippen LogP contribution in [0.5, 0.6) is 0 Å². The van der Waals surface area contributed by atoms with Crippen LogP contribution in [0.15, 0.2) is 4.79 Å². The lowest BCUT2D eigenvalue weighted by molar-refractivity contribution is 0.0862. The van der Waals surface area contributed by atoms with Crippen molar-refractivity contribution in [1.82, 2.24) is 20.5 Å². The molecule has 2 rings (SSSR count). The number of aromatic amines is 2. The van der Waals surface area contributed by atoms with Gasteiger partial charge in [0.05, 0.1) is 0 Å². The van der Waals surface area contributed by atoms with Crippen LogP contribution in [0.2, 0.25) is 0 Å². The third-order valence-electron chi connectivity index (χ3n) is 3.18. The molecule has 0 bridgehead atoms. The third-order valence-corrected chi connectivity index (χ3v) is 3.18. The summed E-state index contributed by atoms with van der Waals surface area (Å²) in [5, 5.41) is 17.7. The number of amides is 1. The Bertz CT molecular complexity index is 439. The van der Waals surface area contributed by atoms with Gasteiger partial charge in [-0.1, -0.05) is 12.8 Å². The number of aliphatic hydroxyl groups excluding tert-OH is 1. The lowest BCUT2D eigenvalue weighted by Crippen LogP contribution is -2.43. The first-order valence-corrected chi connectivity index (χ1v) is 5.77. The van der Waals surface area contributed by atoms with Gasteiger partial charge in [-0.2, -0.15) is 0 Å². The molecule has 2 unspecified atom stereocenters. The predicted molar refractivity (Wildman–Crippen MR) is 59.5 cm³/mol. The van der Waals surface area contributed by atoms with E-state index in [-0.39, 0.29) is 24.4 Å². The van der Waals surface area contributed by atoms with Crippen LogP contribution in [-0.2, 0) is 0 Å². The van der Waals surface area contributed by atoms with Gasteiger partial charge >= 0.3 is 5.69 Å². The summed E-state index contributed by atoms with van der Waals surface area (Å²) >= 11 is 0. The molecule has 1 aromatic rings. The van der Waals surface area contributed by atoms with Gasteiger partial charge in [0.1, 0.15) is 0 Å². The molecule has 7 nitrogen and oxygen atoms in total. The van der Waals surface area contributed by atoms with E-state index >= 15 is 0 Å². The third kappa shape index (κ3) is 2.73. The molecule has 17 heavy (non-hydrogen) atoms. The second-order valence-electron chi connectivity index (χ2n) is 4.33. The molecular weight excluding hydrogens is 224 g/mol. The van der Waals surface area contributed by atoms with E-state index < -0.39 is 11.6 Å². The van der Waals surface area contributed by atoms with Gasteiger partial charge < -0.3 is 10.4 Å². The molecule has 1 fully saturated rings. The normalized spacial score (nSPS) is 24.5. The molecule has 1 saturated carbocycles. The quantitative estimate of drug-likeness (QED) is 0.564. The van der Waals surface area contributed by atoms with E-state index in [4.69, 9.17) is 0 Å². The van der Waals surface area contributed by atoms with E-state index in [9.17, 15) is 14.7 Å². The highest BCUT2D eigenvalue weighted by Gasteiger charge is 2.26. The lowest BCUT2D eigenvalue weighted by atomic mass is 9.85. The first-order chi connectivity index (χ1) is 8.20. The van der Waals surface area contributed by atoms with Crippen LogP contribution in [0, 0.1) is 5.92 Å². The van der Waals surface area contributed by atoms with Gasteiger partial charge in [-0.15, -0.1) is 5.10 Å². The number of rotatable bonds is 3. The maximum absolute atomic E-state index is 11.7. The Kier molecular flexibility index (Phi) is 3.58. The predicted octanol–water partition coefficient (Wildman–Crippen LogP) is -0.621. The van der Waals surface area contributed by atoms with Gasteiger partial charge in [0, 0.05) is 18.6 Å². The van der Waals surface area contributed by atoms with Crippen LogP contribution >= 0.6 is 0 Å². The summed E-state index contributed by atoms with van der Waals surface area (Å²) in [5.74, 6) is -0.329. The van der Waals surface area contributed by atoms with Gasteiger partial charge in [-0.05, 0) is 12.8 Å². The molecule has 0 radical (unpaired) electrons. The van der Waals surface area contributed by atoms with Crippen LogP contribution in [0.25, 0.3) is 0 Å². The zero-order chi connectivity index (χ0) is 12.3. The first-order valence-electron chi connectivity index (χ1n) is 5.77. The zero-order valence-corrected chi connectivity index (χ0v) is 9.40. The molecule has 1 heterocycles. The standard InChI is InChI=1S/C10H16N4O3/c15-5-6-3-1-2-4-7(6)11-9(16)8-12-10(17)14-13-8/h6-7,15H,1-5H2,(H,11,16)(H2,12,13,14,17). The summed E-state index contributed by atoms with van der Waals surface area (Å²) in [5.41, 5.74) is -0.502. The number of carbonyl (C=O) groups is 1. The molecule has 0 saturated heterocycles. The Morgan fingerprint density at radius 2 is 2.24 bits per heavy atom. The second-order valence-corrected chi connectivity index (χ2v) is 4.33. The number of hydrogen-bond donors (Lipinski definition) is 4. The van der Waals surface area contributed by atoms with E-state index in [0.717, 1.165) is 25.7 Å². The minimum Gasteiger partial charge on any atom is -0.396 e.